The third-order valence-corrected chi connectivity index (χ3v) is 8.80. The zero-order valence-electron chi connectivity index (χ0n) is 19.0. The fourth-order valence-corrected chi connectivity index (χ4v) is 7.58. The number of rotatable bonds is 6. The Morgan fingerprint density at radius 1 is 1.12 bits per heavy atom. The Hall–Kier alpha value is -2.41. The highest BCUT2D eigenvalue weighted by Gasteiger charge is 2.53. The Balaban J connectivity index is 1.36. The lowest BCUT2D eigenvalue weighted by molar-refractivity contribution is -0.00770. The van der Waals surface area contributed by atoms with Crippen LogP contribution in [0.25, 0.3) is 5.69 Å². The predicted molar refractivity (Wildman–Crippen MR) is 130 cm³/mol. The Bertz CT molecular complexity index is 1150. The van der Waals surface area contributed by atoms with E-state index in [0.717, 1.165) is 51.4 Å². The van der Waals surface area contributed by atoms with E-state index in [1.807, 2.05) is 33.8 Å². The number of nitrogens with zero attached hydrogens (tertiary/aromatic N) is 4. The molecule has 0 unspecified atom stereocenters. The first-order valence-electron chi connectivity index (χ1n) is 12.2. The van der Waals surface area contributed by atoms with Crippen molar-refractivity contribution in [1.82, 2.24) is 24.9 Å². The summed E-state index contributed by atoms with van der Waals surface area (Å²) in [6.45, 7) is 3.26. The van der Waals surface area contributed by atoms with E-state index in [4.69, 9.17) is 5.10 Å². The van der Waals surface area contributed by atoms with Crippen LogP contribution >= 0.6 is 15.9 Å². The number of hydrogen-bond donors (Lipinski definition) is 1. The minimum absolute atomic E-state index is 0.0429. The van der Waals surface area contributed by atoms with E-state index >= 15 is 0 Å². The average Bonchev–Trinajstić information content (AvgIpc) is 3.42. The molecule has 4 aliphatic rings. The van der Waals surface area contributed by atoms with Crippen molar-refractivity contribution in [3.63, 3.8) is 0 Å². The fraction of sp³-hybridized carbons (Fsp3) is 0.500. The van der Waals surface area contributed by atoms with Gasteiger partial charge in [-0.15, -0.1) is 0 Å². The molecule has 4 bridgehead atoms. The van der Waals surface area contributed by atoms with E-state index in [9.17, 15) is 4.79 Å². The van der Waals surface area contributed by atoms with Crippen LogP contribution in [0.2, 0.25) is 0 Å². The lowest BCUT2D eigenvalue weighted by atomic mass is 9.48. The van der Waals surface area contributed by atoms with Gasteiger partial charge in [-0.25, -0.2) is 4.68 Å². The van der Waals surface area contributed by atoms with Gasteiger partial charge in [0, 0.05) is 18.2 Å². The SMILES string of the molecule is CCn1ncc(Br)c1CNC(=O)c1cn(-c2ccccc2)nc1C12CC3CC(CC(C3)C1)C2. The summed E-state index contributed by atoms with van der Waals surface area (Å²) in [6, 6.07) is 10.1. The molecule has 1 amide bonds. The van der Waals surface area contributed by atoms with E-state index in [1.165, 1.54) is 38.5 Å². The molecule has 0 spiro atoms. The number of carbonyl (C=O) groups excluding carboxylic acids is 1. The number of carbonyl (C=O) groups is 1. The predicted octanol–water partition coefficient (Wildman–Crippen LogP) is 5.25. The second kappa shape index (κ2) is 8.12. The molecule has 0 atom stereocenters. The van der Waals surface area contributed by atoms with Crippen LogP contribution in [0.15, 0.2) is 47.2 Å². The lowest BCUT2D eigenvalue weighted by Gasteiger charge is -2.56. The summed E-state index contributed by atoms with van der Waals surface area (Å²) in [5, 5.41) is 12.7. The lowest BCUT2D eigenvalue weighted by Crippen LogP contribution is -2.49. The van der Waals surface area contributed by atoms with E-state index in [2.05, 4.69) is 45.4 Å². The highest BCUT2D eigenvalue weighted by Crippen LogP contribution is 2.60. The third-order valence-electron chi connectivity index (χ3n) is 8.13. The normalized spacial score (nSPS) is 27.8. The number of hydrogen-bond acceptors (Lipinski definition) is 3. The second-order valence-corrected chi connectivity index (χ2v) is 11.2. The van der Waals surface area contributed by atoms with Gasteiger partial charge in [0.25, 0.3) is 5.91 Å². The molecule has 4 aliphatic carbocycles. The smallest absolute Gasteiger partial charge is 0.255 e. The van der Waals surface area contributed by atoms with Gasteiger partial charge in [-0.1, -0.05) is 18.2 Å². The topological polar surface area (TPSA) is 64.7 Å². The molecule has 2 aromatic heterocycles. The van der Waals surface area contributed by atoms with Crippen LogP contribution in [0, 0.1) is 17.8 Å². The first kappa shape index (κ1) is 21.1. The number of halogens is 1. The van der Waals surface area contributed by atoms with Gasteiger partial charge in [0.05, 0.1) is 39.9 Å². The molecule has 0 aliphatic heterocycles. The Morgan fingerprint density at radius 2 is 1.79 bits per heavy atom. The summed E-state index contributed by atoms with van der Waals surface area (Å²) in [7, 11) is 0. The molecular weight excluding hydrogens is 478 g/mol. The number of nitrogens with one attached hydrogen (secondary N) is 1. The van der Waals surface area contributed by atoms with Crippen molar-refractivity contribution < 1.29 is 4.79 Å². The van der Waals surface area contributed by atoms with Crippen molar-refractivity contribution in [3.8, 4) is 5.69 Å². The van der Waals surface area contributed by atoms with Crippen LogP contribution in [0.1, 0.15) is 67.2 Å². The second-order valence-electron chi connectivity index (χ2n) is 10.3. The third kappa shape index (κ3) is 3.65. The largest absolute Gasteiger partial charge is 0.346 e. The standard InChI is InChI=1S/C26H30BrN5O/c1-2-31-23(22(27)14-29-31)15-28-25(33)21-16-32(20-6-4-3-5-7-20)30-24(21)26-11-17-8-18(12-26)10-19(9-17)13-26/h3-7,14,16-19H,2,8-13,15H2,1H3,(H,28,33). The van der Waals surface area contributed by atoms with Crippen LogP contribution in [-0.4, -0.2) is 25.5 Å². The molecule has 172 valence electrons. The Morgan fingerprint density at radius 3 is 2.42 bits per heavy atom. The molecule has 0 radical (unpaired) electrons. The van der Waals surface area contributed by atoms with Crippen LogP contribution in [-0.2, 0) is 18.5 Å². The first-order chi connectivity index (χ1) is 16.0. The molecule has 4 fully saturated rings. The highest BCUT2D eigenvalue weighted by molar-refractivity contribution is 9.10. The summed E-state index contributed by atoms with van der Waals surface area (Å²) in [6.07, 6.45) is 11.4. The quantitative estimate of drug-likeness (QED) is 0.495. The highest BCUT2D eigenvalue weighted by atomic mass is 79.9. The van der Waals surface area contributed by atoms with Crippen molar-refractivity contribution >= 4 is 21.8 Å². The zero-order valence-corrected chi connectivity index (χ0v) is 20.6. The summed E-state index contributed by atoms with van der Waals surface area (Å²) < 4.78 is 4.75. The molecule has 2 heterocycles. The van der Waals surface area contributed by atoms with Crippen LogP contribution in [0.4, 0.5) is 0 Å². The summed E-state index contributed by atoms with van der Waals surface area (Å²) in [5.74, 6) is 2.34. The van der Waals surface area contributed by atoms with Gasteiger partial charge >= 0.3 is 0 Å². The van der Waals surface area contributed by atoms with Gasteiger partial charge < -0.3 is 5.32 Å². The molecule has 4 saturated carbocycles. The number of aromatic nitrogens is 4. The summed E-state index contributed by atoms with van der Waals surface area (Å²) >= 11 is 3.57. The van der Waals surface area contributed by atoms with Crippen molar-refractivity contribution in [1.29, 1.82) is 0 Å². The van der Waals surface area contributed by atoms with Gasteiger partial charge in [-0.05, 0) is 91.3 Å². The average molecular weight is 508 g/mol. The number of para-hydroxylation sites is 1. The molecule has 3 aromatic rings. The van der Waals surface area contributed by atoms with Crippen molar-refractivity contribution in [2.45, 2.75) is 64.0 Å². The van der Waals surface area contributed by atoms with Crippen molar-refractivity contribution in [2.24, 2.45) is 17.8 Å². The van der Waals surface area contributed by atoms with E-state index in [1.54, 1.807) is 6.20 Å². The maximum atomic E-state index is 13.6. The maximum Gasteiger partial charge on any atom is 0.255 e. The number of aryl methyl sites for hydroxylation is 1. The van der Waals surface area contributed by atoms with Crippen LogP contribution < -0.4 is 5.32 Å². The maximum absolute atomic E-state index is 13.6. The number of amides is 1. The Kier molecular flexibility index (Phi) is 5.20. The van der Waals surface area contributed by atoms with E-state index < -0.39 is 0 Å². The molecule has 1 N–H and O–H groups in total. The van der Waals surface area contributed by atoms with E-state index in [-0.39, 0.29) is 11.3 Å². The molecule has 33 heavy (non-hydrogen) atoms. The Labute approximate surface area is 202 Å². The monoisotopic (exact) mass is 507 g/mol. The number of benzene rings is 1. The molecule has 0 saturated heterocycles. The van der Waals surface area contributed by atoms with Gasteiger partial charge in [-0.3, -0.25) is 9.48 Å². The fourth-order valence-electron chi connectivity index (χ4n) is 7.14. The van der Waals surface area contributed by atoms with Crippen molar-refractivity contribution in [2.75, 3.05) is 0 Å². The molecule has 1 aromatic carbocycles. The van der Waals surface area contributed by atoms with Crippen LogP contribution in [0.5, 0.6) is 0 Å². The van der Waals surface area contributed by atoms with Crippen molar-refractivity contribution in [3.05, 3.63) is 64.1 Å². The molecule has 6 nitrogen and oxygen atoms in total. The molecule has 7 rings (SSSR count). The van der Waals surface area contributed by atoms with Crippen LogP contribution in [0.3, 0.4) is 0 Å². The molecule has 7 heteroatoms. The summed E-state index contributed by atoms with van der Waals surface area (Å²) in [4.78, 5) is 13.6. The van der Waals surface area contributed by atoms with Gasteiger partial charge in [0.1, 0.15) is 0 Å². The minimum atomic E-state index is -0.0429. The van der Waals surface area contributed by atoms with Gasteiger partial charge in [0.15, 0.2) is 0 Å². The zero-order chi connectivity index (χ0) is 22.6. The van der Waals surface area contributed by atoms with Gasteiger partial charge in [-0.2, -0.15) is 10.2 Å². The summed E-state index contributed by atoms with van der Waals surface area (Å²) in [5.41, 5.74) is 3.78. The van der Waals surface area contributed by atoms with Gasteiger partial charge in [0.2, 0.25) is 0 Å². The first-order valence-corrected chi connectivity index (χ1v) is 13.0. The van der Waals surface area contributed by atoms with E-state index in [0.29, 0.717) is 6.54 Å². The minimum Gasteiger partial charge on any atom is -0.346 e. The molecular formula is C26H30BrN5O.